The van der Waals surface area contributed by atoms with Crippen molar-refractivity contribution in [2.24, 2.45) is 0 Å². The standard InChI is InChI=1S/C18H16N6O2/c25-17(15-9-16(26-23-15)14-6-2-1-3-7-14)19-8-4-5-13-10-20-18-21-12-22-24(18)11-13/h1-3,6-7,9-12H,4-5,8H2,(H,19,25). The summed E-state index contributed by atoms with van der Waals surface area (Å²) in [7, 11) is 0. The zero-order valence-electron chi connectivity index (χ0n) is 13.9. The highest BCUT2D eigenvalue weighted by Crippen LogP contribution is 2.19. The van der Waals surface area contributed by atoms with Crippen LogP contribution in [0.3, 0.4) is 0 Å². The normalized spacial score (nSPS) is 10.9. The number of carbonyl (C=O) groups is 1. The largest absolute Gasteiger partial charge is 0.355 e. The fourth-order valence-electron chi connectivity index (χ4n) is 2.59. The van der Waals surface area contributed by atoms with Crippen LogP contribution < -0.4 is 5.32 Å². The molecule has 0 aliphatic rings. The number of hydrogen-bond acceptors (Lipinski definition) is 6. The number of carbonyl (C=O) groups excluding carboxylic acids is 1. The maximum atomic E-state index is 12.2. The smallest absolute Gasteiger partial charge is 0.273 e. The fourth-order valence-corrected chi connectivity index (χ4v) is 2.59. The third-order valence-electron chi connectivity index (χ3n) is 3.92. The first-order valence-corrected chi connectivity index (χ1v) is 8.24. The van der Waals surface area contributed by atoms with E-state index in [9.17, 15) is 4.79 Å². The van der Waals surface area contributed by atoms with Crippen LogP contribution in [0.5, 0.6) is 0 Å². The van der Waals surface area contributed by atoms with Crippen molar-refractivity contribution < 1.29 is 9.32 Å². The van der Waals surface area contributed by atoms with Gasteiger partial charge in [0.1, 0.15) is 6.33 Å². The van der Waals surface area contributed by atoms with Gasteiger partial charge >= 0.3 is 0 Å². The number of rotatable bonds is 6. The zero-order valence-corrected chi connectivity index (χ0v) is 13.9. The third-order valence-corrected chi connectivity index (χ3v) is 3.92. The second-order valence-electron chi connectivity index (χ2n) is 5.77. The molecule has 4 aromatic rings. The average molecular weight is 348 g/mol. The number of nitrogens with zero attached hydrogens (tertiary/aromatic N) is 5. The maximum absolute atomic E-state index is 12.2. The highest BCUT2D eigenvalue weighted by molar-refractivity contribution is 5.93. The van der Waals surface area contributed by atoms with Crippen LogP contribution in [0.15, 0.2) is 59.6 Å². The Labute approximate surface area is 148 Å². The summed E-state index contributed by atoms with van der Waals surface area (Å²) in [5.74, 6) is 0.894. The van der Waals surface area contributed by atoms with Crippen LogP contribution in [0.4, 0.5) is 0 Å². The molecule has 1 aromatic carbocycles. The summed E-state index contributed by atoms with van der Waals surface area (Å²) >= 11 is 0. The lowest BCUT2D eigenvalue weighted by atomic mass is 10.1. The van der Waals surface area contributed by atoms with E-state index < -0.39 is 0 Å². The van der Waals surface area contributed by atoms with Gasteiger partial charge in [-0.15, -0.1) is 0 Å². The Bertz CT molecular complexity index is 1020. The van der Waals surface area contributed by atoms with Crippen LogP contribution in [0.1, 0.15) is 22.5 Å². The van der Waals surface area contributed by atoms with Gasteiger partial charge < -0.3 is 9.84 Å². The number of hydrogen-bond donors (Lipinski definition) is 1. The van der Waals surface area contributed by atoms with E-state index in [1.807, 2.05) is 36.5 Å². The molecule has 0 saturated heterocycles. The average Bonchev–Trinajstić information content (AvgIpc) is 3.35. The molecule has 0 radical (unpaired) electrons. The molecule has 1 amide bonds. The molecule has 3 aromatic heterocycles. The summed E-state index contributed by atoms with van der Waals surface area (Å²) in [5.41, 5.74) is 2.19. The third kappa shape index (κ3) is 3.44. The molecule has 0 atom stereocenters. The van der Waals surface area contributed by atoms with E-state index in [2.05, 4.69) is 25.5 Å². The van der Waals surface area contributed by atoms with E-state index in [0.717, 1.165) is 24.0 Å². The zero-order chi connectivity index (χ0) is 17.8. The molecule has 0 bridgehead atoms. The van der Waals surface area contributed by atoms with Crippen LogP contribution in [0.25, 0.3) is 17.1 Å². The number of aryl methyl sites for hydroxylation is 1. The van der Waals surface area contributed by atoms with Crippen LogP contribution in [-0.4, -0.2) is 37.2 Å². The van der Waals surface area contributed by atoms with E-state index in [-0.39, 0.29) is 11.6 Å². The molecule has 130 valence electrons. The molecule has 8 heteroatoms. The minimum Gasteiger partial charge on any atom is -0.355 e. The van der Waals surface area contributed by atoms with Crippen LogP contribution in [0.2, 0.25) is 0 Å². The predicted molar refractivity (Wildman–Crippen MR) is 93.4 cm³/mol. The van der Waals surface area contributed by atoms with Gasteiger partial charge in [-0.05, 0) is 18.4 Å². The highest BCUT2D eigenvalue weighted by atomic mass is 16.5. The van der Waals surface area contributed by atoms with Crippen molar-refractivity contribution in [1.82, 2.24) is 30.1 Å². The van der Waals surface area contributed by atoms with E-state index in [4.69, 9.17) is 4.52 Å². The first-order chi connectivity index (χ1) is 12.8. The molecule has 8 nitrogen and oxygen atoms in total. The summed E-state index contributed by atoms with van der Waals surface area (Å²) in [6, 6.07) is 11.2. The van der Waals surface area contributed by atoms with E-state index in [0.29, 0.717) is 18.1 Å². The fraction of sp³-hybridized carbons (Fsp3) is 0.167. The van der Waals surface area contributed by atoms with Crippen LogP contribution in [0, 0.1) is 0 Å². The maximum Gasteiger partial charge on any atom is 0.273 e. The van der Waals surface area contributed by atoms with Crippen molar-refractivity contribution >= 4 is 11.7 Å². The minimum atomic E-state index is -0.249. The molecule has 3 heterocycles. The lowest BCUT2D eigenvalue weighted by molar-refractivity contribution is 0.0944. The second-order valence-corrected chi connectivity index (χ2v) is 5.77. The topological polar surface area (TPSA) is 98.2 Å². The minimum absolute atomic E-state index is 0.249. The Morgan fingerprint density at radius 2 is 2.08 bits per heavy atom. The molecular formula is C18H16N6O2. The van der Waals surface area contributed by atoms with E-state index in [1.54, 1.807) is 16.8 Å². The van der Waals surface area contributed by atoms with Gasteiger partial charge in [0.25, 0.3) is 11.7 Å². The lowest BCUT2D eigenvalue weighted by Gasteiger charge is -2.03. The number of nitrogens with one attached hydrogen (secondary N) is 1. The predicted octanol–water partition coefficient (Wildman–Crippen LogP) is 2.14. The van der Waals surface area contributed by atoms with Gasteiger partial charge in [0.15, 0.2) is 11.5 Å². The van der Waals surface area contributed by atoms with Gasteiger partial charge in [-0.1, -0.05) is 35.5 Å². The van der Waals surface area contributed by atoms with Crippen molar-refractivity contribution in [3.8, 4) is 11.3 Å². The molecular weight excluding hydrogens is 332 g/mol. The second kappa shape index (κ2) is 7.14. The molecule has 26 heavy (non-hydrogen) atoms. The quantitative estimate of drug-likeness (QED) is 0.536. The Balaban J connectivity index is 1.29. The van der Waals surface area contributed by atoms with Crippen LogP contribution >= 0.6 is 0 Å². The monoisotopic (exact) mass is 348 g/mol. The van der Waals surface area contributed by atoms with E-state index in [1.165, 1.54) is 6.33 Å². The molecule has 1 N–H and O–H groups in total. The Kier molecular flexibility index (Phi) is 4.38. The summed E-state index contributed by atoms with van der Waals surface area (Å²) in [5, 5.41) is 10.7. The SMILES string of the molecule is O=C(NCCCc1cnc2ncnn2c1)c1cc(-c2ccccc2)on1. The van der Waals surface area contributed by atoms with Crippen molar-refractivity contribution in [2.75, 3.05) is 6.54 Å². The van der Waals surface area contributed by atoms with Crippen molar-refractivity contribution in [3.63, 3.8) is 0 Å². The van der Waals surface area contributed by atoms with Gasteiger partial charge in [-0.25, -0.2) is 9.50 Å². The molecule has 0 saturated carbocycles. The van der Waals surface area contributed by atoms with E-state index >= 15 is 0 Å². The Morgan fingerprint density at radius 3 is 2.96 bits per heavy atom. The van der Waals surface area contributed by atoms with Gasteiger partial charge in [0, 0.05) is 30.6 Å². The summed E-state index contributed by atoms with van der Waals surface area (Å²) in [4.78, 5) is 20.4. The number of benzene rings is 1. The van der Waals surface area contributed by atoms with Gasteiger partial charge in [-0.3, -0.25) is 4.79 Å². The first kappa shape index (κ1) is 15.9. The summed E-state index contributed by atoms with van der Waals surface area (Å²) < 4.78 is 6.88. The summed E-state index contributed by atoms with van der Waals surface area (Å²) in [6.45, 7) is 0.530. The van der Waals surface area contributed by atoms with Gasteiger partial charge in [-0.2, -0.15) is 10.1 Å². The number of aromatic nitrogens is 5. The summed E-state index contributed by atoms with van der Waals surface area (Å²) in [6.07, 6.45) is 6.68. The van der Waals surface area contributed by atoms with Crippen LogP contribution in [-0.2, 0) is 6.42 Å². The van der Waals surface area contributed by atoms with Crippen molar-refractivity contribution in [3.05, 3.63) is 66.4 Å². The van der Waals surface area contributed by atoms with Crippen molar-refractivity contribution in [1.29, 1.82) is 0 Å². The lowest BCUT2D eigenvalue weighted by Crippen LogP contribution is -2.25. The number of amides is 1. The highest BCUT2D eigenvalue weighted by Gasteiger charge is 2.13. The van der Waals surface area contributed by atoms with Gasteiger partial charge in [0.2, 0.25) is 0 Å². The molecule has 0 fully saturated rings. The first-order valence-electron chi connectivity index (χ1n) is 8.24. The Morgan fingerprint density at radius 1 is 1.19 bits per heavy atom. The molecule has 0 aliphatic carbocycles. The number of fused-ring (bicyclic) bond motifs is 1. The molecule has 4 rings (SSSR count). The molecule has 0 spiro atoms. The Hall–Kier alpha value is -3.55. The molecule has 0 unspecified atom stereocenters. The van der Waals surface area contributed by atoms with Gasteiger partial charge in [0.05, 0.1) is 0 Å². The molecule has 0 aliphatic heterocycles. The van der Waals surface area contributed by atoms with Crippen molar-refractivity contribution in [2.45, 2.75) is 12.8 Å².